The number of carbonyl (C=O) groups is 1. The van der Waals surface area contributed by atoms with E-state index < -0.39 is 0 Å². The molecular weight excluding hydrogens is 393 g/mol. The maximum Gasteiger partial charge on any atom is 0.252 e. The van der Waals surface area contributed by atoms with Crippen LogP contribution >= 0.6 is 24.0 Å². The molecule has 0 radical (unpaired) electrons. The molecule has 1 heterocycles. The molecule has 0 aliphatic carbocycles. The number of guanidine groups is 1. The van der Waals surface area contributed by atoms with Crippen LogP contribution in [0.25, 0.3) is 0 Å². The van der Waals surface area contributed by atoms with Crippen LogP contribution in [0.5, 0.6) is 0 Å². The van der Waals surface area contributed by atoms with E-state index in [0.29, 0.717) is 24.7 Å². The van der Waals surface area contributed by atoms with E-state index in [4.69, 9.17) is 0 Å². The molecular formula is C15H26IN5O. The molecule has 1 atom stereocenters. The van der Waals surface area contributed by atoms with Crippen LogP contribution in [0, 0.1) is 0 Å². The molecule has 1 aromatic heterocycles. The molecule has 0 saturated carbocycles. The highest BCUT2D eigenvalue weighted by Gasteiger charge is 2.04. The zero-order chi connectivity index (χ0) is 15.5. The van der Waals surface area contributed by atoms with Crippen molar-refractivity contribution in [3.8, 4) is 0 Å². The first-order chi connectivity index (χ1) is 10.2. The first kappa shape index (κ1) is 20.6. The molecule has 22 heavy (non-hydrogen) atoms. The van der Waals surface area contributed by atoms with Crippen molar-refractivity contribution in [2.75, 3.05) is 19.6 Å². The van der Waals surface area contributed by atoms with E-state index >= 15 is 0 Å². The molecule has 7 heteroatoms. The van der Waals surface area contributed by atoms with Crippen molar-refractivity contribution in [3.63, 3.8) is 0 Å². The topological polar surface area (TPSA) is 78.4 Å². The number of hydrogen-bond donors (Lipinski definition) is 3. The molecule has 0 spiro atoms. The van der Waals surface area contributed by atoms with Crippen LogP contribution in [0.4, 0.5) is 0 Å². The van der Waals surface area contributed by atoms with Gasteiger partial charge in [0.05, 0.1) is 12.1 Å². The SMILES string of the molecule is CCNC(=NCCNC(=O)c1cccnc1)NC(C)CC.I. The van der Waals surface area contributed by atoms with Gasteiger partial charge in [-0.3, -0.25) is 14.8 Å². The first-order valence-electron chi connectivity index (χ1n) is 7.40. The van der Waals surface area contributed by atoms with Gasteiger partial charge < -0.3 is 16.0 Å². The molecule has 1 aromatic rings. The third-order valence-corrected chi connectivity index (χ3v) is 2.93. The summed E-state index contributed by atoms with van der Waals surface area (Å²) in [6, 6.07) is 3.85. The summed E-state index contributed by atoms with van der Waals surface area (Å²) < 4.78 is 0. The zero-order valence-corrected chi connectivity index (χ0v) is 15.8. The third-order valence-electron chi connectivity index (χ3n) is 2.93. The summed E-state index contributed by atoms with van der Waals surface area (Å²) in [5.41, 5.74) is 0.561. The van der Waals surface area contributed by atoms with Crippen LogP contribution in [-0.4, -0.2) is 42.5 Å². The highest BCUT2D eigenvalue weighted by Crippen LogP contribution is 1.94. The highest BCUT2D eigenvalue weighted by atomic mass is 127. The van der Waals surface area contributed by atoms with Gasteiger partial charge in [-0.1, -0.05) is 6.92 Å². The molecule has 0 aromatic carbocycles. The lowest BCUT2D eigenvalue weighted by atomic mass is 10.3. The van der Waals surface area contributed by atoms with Gasteiger partial charge >= 0.3 is 0 Å². The summed E-state index contributed by atoms with van der Waals surface area (Å²) in [5.74, 6) is 0.653. The Kier molecular flexibility index (Phi) is 11.4. The van der Waals surface area contributed by atoms with Gasteiger partial charge in [0, 0.05) is 31.5 Å². The number of amides is 1. The number of pyridine rings is 1. The van der Waals surface area contributed by atoms with Crippen molar-refractivity contribution in [3.05, 3.63) is 30.1 Å². The maximum atomic E-state index is 11.8. The summed E-state index contributed by atoms with van der Waals surface area (Å²) >= 11 is 0. The van der Waals surface area contributed by atoms with Crippen LogP contribution in [0.1, 0.15) is 37.6 Å². The van der Waals surface area contributed by atoms with Crippen molar-refractivity contribution in [1.29, 1.82) is 0 Å². The molecule has 1 amide bonds. The average molecular weight is 419 g/mol. The van der Waals surface area contributed by atoms with Gasteiger partial charge in [-0.25, -0.2) is 0 Å². The lowest BCUT2D eigenvalue weighted by molar-refractivity contribution is 0.0954. The Balaban J connectivity index is 0.00000441. The highest BCUT2D eigenvalue weighted by molar-refractivity contribution is 14.0. The zero-order valence-electron chi connectivity index (χ0n) is 13.4. The second kappa shape index (κ2) is 12.2. The summed E-state index contributed by atoms with van der Waals surface area (Å²) in [4.78, 5) is 20.2. The summed E-state index contributed by atoms with van der Waals surface area (Å²) in [7, 11) is 0. The van der Waals surface area contributed by atoms with Crippen LogP contribution < -0.4 is 16.0 Å². The largest absolute Gasteiger partial charge is 0.357 e. The molecule has 1 unspecified atom stereocenters. The number of rotatable bonds is 7. The molecule has 0 bridgehead atoms. The summed E-state index contributed by atoms with van der Waals surface area (Å²) in [6.07, 6.45) is 4.22. The number of aliphatic imine (C=N–C) groups is 1. The van der Waals surface area contributed by atoms with E-state index in [0.717, 1.165) is 18.9 Å². The third kappa shape index (κ3) is 8.16. The monoisotopic (exact) mass is 419 g/mol. The minimum atomic E-state index is -0.127. The Bertz CT molecular complexity index is 453. The van der Waals surface area contributed by atoms with Gasteiger partial charge in [0.2, 0.25) is 0 Å². The van der Waals surface area contributed by atoms with Gasteiger partial charge in [-0.2, -0.15) is 0 Å². The Morgan fingerprint density at radius 1 is 1.36 bits per heavy atom. The van der Waals surface area contributed by atoms with E-state index in [-0.39, 0.29) is 29.9 Å². The van der Waals surface area contributed by atoms with Crippen LogP contribution in [-0.2, 0) is 0 Å². The first-order valence-corrected chi connectivity index (χ1v) is 7.40. The van der Waals surface area contributed by atoms with Crippen molar-refractivity contribution in [1.82, 2.24) is 20.9 Å². The van der Waals surface area contributed by atoms with Crippen molar-refractivity contribution < 1.29 is 4.79 Å². The number of nitrogens with zero attached hydrogens (tertiary/aromatic N) is 2. The van der Waals surface area contributed by atoms with Crippen molar-refractivity contribution in [2.45, 2.75) is 33.2 Å². The number of nitrogens with one attached hydrogen (secondary N) is 3. The van der Waals surface area contributed by atoms with Crippen molar-refractivity contribution in [2.24, 2.45) is 4.99 Å². The van der Waals surface area contributed by atoms with Crippen LogP contribution in [0.3, 0.4) is 0 Å². The molecule has 0 saturated heterocycles. The number of halogens is 1. The fourth-order valence-corrected chi connectivity index (χ4v) is 1.59. The second-order valence-electron chi connectivity index (χ2n) is 4.71. The predicted molar refractivity (Wildman–Crippen MR) is 101 cm³/mol. The summed E-state index contributed by atoms with van der Waals surface area (Å²) in [6.45, 7) is 8.08. The van der Waals surface area contributed by atoms with E-state index in [1.54, 1.807) is 24.5 Å². The predicted octanol–water partition coefficient (Wildman–Crippen LogP) is 1.78. The Labute approximate surface area is 149 Å². The number of aromatic nitrogens is 1. The lowest BCUT2D eigenvalue weighted by Crippen LogP contribution is -2.42. The van der Waals surface area contributed by atoms with Gasteiger partial charge in [0.1, 0.15) is 0 Å². The van der Waals surface area contributed by atoms with E-state index in [2.05, 4.69) is 39.8 Å². The van der Waals surface area contributed by atoms with E-state index in [1.807, 2.05) is 6.92 Å². The fraction of sp³-hybridized carbons (Fsp3) is 0.533. The van der Waals surface area contributed by atoms with Gasteiger partial charge in [0.15, 0.2) is 5.96 Å². The Hall–Kier alpha value is -1.38. The van der Waals surface area contributed by atoms with Crippen LogP contribution in [0.15, 0.2) is 29.5 Å². The van der Waals surface area contributed by atoms with E-state index in [1.165, 1.54) is 0 Å². The maximum absolute atomic E-state index is 11.8. The Morgan fingerprint density at radius 2 is 2.14 bits per heavy atom. The minimum absolute atomic E-state index is 0. The lowest BCUT2D eigenvalue weighted by Gasteiger charge is -2.16. The quantitative estimate of drug-likeness (QED) is 0.273. The molecule has 6 nitrogen and oxygen atoms in total. The molecule has 3 N–H and O–H groups in total. The van der Waals surface area contributed by atoms with Gasteiger partial charge in [-0.15, -0.1) is 24.0 Å². The van der Waals surface area contributed by atoms with Crippen molar-refractivity contribution >= 4 is 35.8 Å². The normalized spacial score (nSPS) is 12.0. The van der Waals surface area contributed by atoms with Gasteiger partial charge in [0.25, 0.3) is 5.91 Å². The fourth-order valence-electron chi connectivity index (χ4n) is 1.59. The van der Waals surface area contributed by atoms with Gasteiger partial charge in [-0.05, 0) is 32.4 Å². The van der Waals surface area contributed by atoms with E-state index in [9.17, 15) is 4.79 Å². The van der Waals surface area contributed by atoms with Crippen LogP contribution in [0.2, 0.25) is 0 Å². The average Bonchev–Trinajstić information content (AvgIpc) is 2.52. The smallest absolute Gasteiger partial charge is 0.252 e. The standard InChI is InChI=1S/C15H25N5O.HI/c1-4-12(3)20-15(17-5-2)19-10-9-18-14(21)13-7-6-8-16-11-13;/h6-8,11-12H,4-5,9-10H2,1-3H3,(H,18,21)(H2,17,19,20);1H. The molecule has 0 aliphatic heterocycles. The second-order valence-corrected chi connectivity index (χ2v) is 4.71. The number of carbonyl (C=O) groups excluding carboxylic acids is 1. The molecule has 0 aliphatic rings. The minimum Gasteiger partial charge on any atom is -0.357 e. The molecule has 124 valence electrons. The Morgan fingerprint density at radius 3 is 2.73 bits per heavy atom. The number of hydrogen-bond acceptors (Lipinski definition) is 3. The summed E-state index contributed by atoms with van der Waals surface area (Å²) in [5, 5.41) is 9.31. The molecule has 1 rings (SSSR count). The molecule has 0 fully saturated rings.